The molecule has 2 N–H and O–H groups in total. The molecule has 27 heavy (non-hydrogen) atoms. The van der Waals surface area contributed by atoms with Crippen LogP contribution in [0.5, 0.6) is 5.88 Å². The van der Waals surface area contributed by atoms with Crippen LogP contribution in [0, 0.1) is 11.8 Å². The maximum atomic E-state index is 13.2. The lowest BCUT2D eigenvalue weighted by atomic mass is 9.83. The summed E-state index contributed by atoms with van der Waals surface area (Å²) in [5.41, 5.74) is -2.94. The number of carboxylic acid groups (broad SMARTS) is 1. The molecule has 9 heteroatoms. The van der Waals surface area contributed by atoms with Gasteiger partial charge in [0.1, 0.15) is 16.8 Å². The van der Waals surface area contributed by atoms with Crippen molar-refractivity contribution in [2.24, 2.45) is 11.8 Å². The molecule has 1 fully saturated rings. The molecule has 150 valence electrons. The van der Waals surface area contributed by atoms with Crippen LogP contribution in [0.2, 0.25) is 0 Å². The lowest BCUT2D eigenvalue weighted by molar-refractivity contribution is -0.146. The number of amides is 1. The molecule has 0 bridgehead atoms. The Morgan fingerprint density at radius 2 is 1.96 bits per heavy atom. The first-order valence-corrected chi connectivity index (χ1v) is 8.78. The number of carbonyl (C=O) groups excluding carboxylic acids is 1. The fourth-order valence-electron chi connectivity index (χ4n) is 2.73. The SMILES string of the molecule is CCC(NC(=O)c1ccc(C(F)(F)F)c(OCC2CC2)n1)(C(=O)O)C(C)C. The molecule has 1 heterocycles. The third kappa shape index (κ3) is 4.70. The highest BCUT2D eigenvalue weighted by Gasteiger charge is 2.42. The lowest BCUT2D eigenvalue weighted by Crippen LogP contribution is -2.57. The number of nitrogens with zero attached hydrogens (tertiary/aromatic N) is 1. The normalized spacial score (nSPS) is 16.7. The number of alkyl halides is 3. The number of pyridine rings is 1. The molecule has 1 atom stereocenters. The van der Waals surface area contributed by atoms with Gasteiger partial charge in [-0.1, -0.05) is 20.8 Å². The fourth-order valence-corrected chi connectivity index (χ4v) is 2.73. The Kier molecular flexibility index (Phi) is 6.01. The zero-order valence-electron chi connectivity index (χ0n) is 15.4. The highest BCUT2D eigenvalue weighted by molar-refractivity contribution is 5.96. The van der Waals surface area contributed by atoms with Crippen LogP contribution < -0.4 is 10.1 Å². The number of carboxylic acids is 1. The average Bonchev–Trinajstić information content (AvgIpc) is 3.40. The molecule has 1 unspecified atom stereocenters. The van der Waals surface area contributed by atoms with Crippen LogP contribution >= 0.6 is 0 Å². The van der Waals surface area contributed by atoms with E-state index in [1.807, 2.05) is 0 Å². The Labute approximate surface area is 155 Å². The van der Waals surface area contributed by atoms with E-state index in [4.69, 9.17) is 4.74 Å². The van der Waals surface area contributed by atoms with E-state index in [9.17, 15) is 27.9 Å². The summed E-state index contributed by atoms with van der Waals surface area (Å²) < 4.78 is 44.7. The van der Waals surface area contributed by atoms with Crippen molar-refractivity contribution in [2.45, 2.75) is 51.7 Å². The molecule has 1 amide bonds. The summed E-state index contributed by atoms with van der Waals surface area (Å²) in [6, 6.07) is 1.65. The first-order valence-electron chi connectivity index (χ1n) is 8.78. The zero-order chi connectivity index (χ0) is 20.4. The third-order valence-corrected chi connectivity index (χ3v) is 4.81. The van der Waals surface area contributed by atoms with Crippen molar-refractivity contribution < 1.29 is 32.6 Å². The number of carbonyl (C=O) groups is 2. The van der Waals surface area contributed by atoms with Crippen molar-refractivity contribution in [3.8, 4) is 5.88 Å². The molecular formula is C18H23F3N2O4. The van der Waals surface area contributed by atoms with Crippen molar-refractivity contribution >= 4 is 11.9 Å². The van der Waals surface area contributed by atoms with Gasteiger partial charge in [0.05, 0.1) is 6.61 Å². The Morgan fingerprint density at radius 3 is 2.41 bits per heavy atom. The van der Waals surface area contributed by atoms with Gasteiger partial charge in [0.2, 0.25) is 5.88 Å². The number of aliphatic carboxylic acids is 1. The first kappa shape index (κ1) is 21.0. The van der Waals surface area contributed by atoms with E-state index in [1.165, 1.54) is 0 Å². The maximum absolute atomic E-state index is 13.2. The summed E-state index contributed by atoms with van der Waals surface area (Å²) in [5, 5.41) is 12.0. The van der Waals surface area contributed by atoms with Gasteiger partial charge >= 0.3 is 12.1 Å². The van der Waals surface area contributed by atoms with Crippen LogP contribution in [0.4, 0.5) is 13.2 Å². The third-order valence-electron chi connectivity index (χ3n) is 4.81. The Bertz CT molecular complexity index is 717. The molecule has 0 spiro atoms. The summed E-state index contributed by atoms with van der Waals surface area (Å²) in [5.74, 6) is -2.98. The Balaban J connectivity index is 2.32. The number of ether oxygens (including phenoxy) is 1. The van der Waals surface area contributed by atoms with Crippen molar-refractivity contribution in [1.29, 1.82) is 0 Å². The molecule has 1 aromatic rings. The summed E-state index contributed by atoms with van der Waals surface area (Å²) in [7, 11) is 0. The topological polar surface area (TPSA) is 88.5 Å². The molecule has 1 aromatic heterocycles. The van der Waals surface area contributed by atoms with Crippen LogP contribution in [0.3, 0.4) is 0 Å². The molecule has 0 aliphatic heterocycles. The van der Waals surface area contributed by atoms with E-state index >= 15 is 0 Å². The quantitative estimate of drug-likeness (QED) is 0.712. The molecule has 1 aliphatic rings. The monoisotopic (exact) mass is 388 g/mol. The predicted octanol–water partition coefficient (Wildman–Crippen LogP) is 3.51. The van der Waals surface area contributed by atoms with Gasteiger partial charge in [0.15, 0.2) is 0 Å². The van der Waals surface area contributed by atoms with Crippen LogP contribution in [0.15, 0.2) is 12.1 Å². The van der Waals surface area contributed by atoms with Gasteiger partial charge < -0.3 is 15.2 Å². The van der Waals surface area contributed by atoms with Crippen molar-refractivity contribution in [1.82, 2.24) is 10.3 Å². The van der Waals surface area contributed by atoms with E-state index in [0.717, 1.165) is 25.0 Å². The second kappa shape index (κ2) is 7.74. The largest absolute Gasteiger partial charge is 0.479 e. The molecule has 0 radical (unpaired) electrons. The summed E-state index contributed by atoms with van der Waals surface area (Å²) in [4.78, 5) is 27.9. The standard InChI is InChI=1S/C18H23F3N2O4/c1-4-17(10(2)3,16(25)26)23-14(24)13-8-7-12(18(19,20)21)15(22-13)27-9-11-5-6-11/h7-8,10-11H,4-6,9H2,1-3H3,(H,23,24)(H,25,26). The smallest absolute Gasteiger partial charge is 0.421 e. The van der Waals surface area contributed by atoms with E-state index < -0.39 is 41.0 Å². The van der Waals surface area contributed by atoms with Crippen LogP contribution in [-0.4, -0.2) is 34.1 Å². The Hall–Kier alpha value is -2.32. The van der Waals surface area contributed by atoms with Gasteiger partial charge in [-0.3, -0.25) is 4.79 Å². The fraction of sp³-hybridized carbons (Fsp3) is 0.611. The average molecular weight is 388 g/mol. The maximum Gasteiger partial charge on any atom is 0.421 e. The van der Waals surface area contributed by atoms with Crippen molar-refractivity contribution in [3.63, 3.8) is 0 Å². The van der Waals surface area contributed by atoms with Gasteiger partial charge in [0, 0.05) is 0 Å². The van der Waals surface area contributed by atoms with Crippen LogP contribution in [0.25, 0.3) is 0 Å². The minimum Gasteiger partial charge on any atom is -0.479 e. The van der Waals surface area contributed by atoms with E-state index in [-0.39, 0.29) is 24.6 Å². The lowest BCUT2D eigenvalue weighted by Gasteiger charge is -2.33. The second-order valence-corrected chi connectivity index (χ2v) is 7.04. The second-order valence-electron chi connectivity index (χ2n) is 7.04. The molecule has 1 aliphatic carbocycles. The molecule has 6 nitrogen and oxygen atoms in total. The minimum absolute atomic E-state index is 0.0984. The Morgan fingerprint density at radius 1 is 1.33 bits per heavy atom. The van der Waals surface area contributed by atoms with Gasteiger partial charge in [-0.25, -0.2) is 9.78 Å². The summed E-state index contributed by atoms with van der Waals surface area (Å²) in [6.07, 6.45) is -2.80. The summed E-state index contributed by atoms with van der Waals surface area (Å²) in [6.45, 7) is 4.99. The number of rotatable bonds is 8. The number of hydrogen-bond acceptors (Lipinski definition) is 4. The molecular weight excluding hydrogens is 365 g/mol. The predicted molar refractivity (Wildman–Crippen MR) is 90.4 cm³/mol. The van der Waals surface area contributed by atoms with Gasteiger partial charge in [-0.15, -0.1) is 0 Å². The molecule has 1 saturated carbocycles. The highest BCUT2D eigenvalue weighted by atomic mass is 19.4. The van der Waals surface area contributed by atoms with Crippen LogP contribution in [-0.2, 0) is 11.0 Å². The minimum atomic E-state index is -4.67. The molecule has 0 saturated heterocycles. The first-order chi connectivity index (χ1) is 12.5. The van der Waals surface area contributed by atoms with Gasteiger partial charge in [-0.2, -0.15) is 13.2 Å². The van der Waals surface area contributed by atoms with E-state index in [1.54, 1.807) is 20.8 Å². The molecule has 2 rings (SSSR count). The number of hydrogen-bond donors (Lipinski definition) is 2. The van der Waals surface area contributed by atoms with Gasteiger partial charge in [0.25, 0.3) is 5.91 Å². The van der Waals surface area contributed by atoms with Gasteiger partial charge in [-0.05, 0) is 43.2 Å². The van der Waals surface area contributed by atoms with E-state index in [0.29, 0.717) is 0 Å². The number of aromatic nitrogens is 1. The van der Waals surface area contributed by atoms with Crippen LogP contribution in [0.1, 0.15) is 56.1 Å². The number of halogens is 3. The van der Waals surface area contributed by atoms with E-state index in [2.05, 4.69) is 10.3 Å². The molecule has 0 aromatic carbocycles. The zero-order valence-corrected chi connectivity index (χ0v) is 15.4. The number of nitrogens with one attached hydrogen (secondary N) is 1. The summed E-state index contributed by atoms with van der Waals surface area (Å²) >= 11 is 0. The van der Waals surface area contributed by atoms with Crippen molar-refractivity contribution in [3.05, 3.63) is 23.4 Å². The van der Waals surface area contributed by atoms with Crippen molar-refractivity contribution in [2.75, 3.05) is 6.61 Å². The highest BCUT2D eigenvalue weighted by Crippen LogP contribution is 2.37.